The topological polar surface area (TPSA) is 75.3 Å². The van der Waals surface area contributed by atoms with E-state index in [-0.39, 0.29) is 0 Å². The molecule has 0 bridgehead atoms. The summed E-state index contributed by atoms with van der Waals surface area (Å²) in [5.41, 5.74) is 1.28. The molecule has 1 aromatic carbocycles. The zero-order chi connectivity index (χ0) is 25.3. The van der Waals surface area contributed by atoms with Crippen LogP contribution in [0.2, 0.25) is 25.7 Å². The molecule has 0 saturated carbocycles. The van der Waals surface area contributed by atoms with Crippen molar-refractivity contribution < 1.29 is 13.2 Å². The zero-order valence-electron chi connectivity index (χ0n) is 22.3. The fraction of sp³-hybridized carbons (Fsp3) is 0.741. The highest BCUT2D eigenvalue weighted by atomic mass is 32.2. The minimum atomic E-state index is -3.54. The lowest BCUT2D eigenvalue weighted by Gasteiger charge is -2.14. The molecule has 34 heavy (non-hydrogen) atoms. The first-order valence-electron chi connectivity index (χ1n) is 13.4. The summed E-state index contributed by atoms with van der Waals surface area (Å²) in [6.45, 7) is 8.34. The molecule has 0 aliphatic heterocycles. The summed E-state index contributed by atoms with van der Waals surface area (Å²) < 4.78 is 24.2. The molecule has 0 aliphatic rings. The third kappa shape index (κ3) is 18.0. The fourth-order valence-corrected chi connectivity index (χ4v) is 5.87. The molecule has 0 atom stereocenters. The Morgan fingerprint density at radius 3 is 1.53 bits per heavy atom. The van der Waals surface area contributed by atoms with Gasteiger partial charge in [-0.1, -0.05) is 109 Å². The molecule has 1 aromatic rings. The van der Waals surface area contributed by atoms with Crippen molar-refractivity contribution in [3.63, 3.8) is 0 Å². The quantitative estimate of drug-likeness (QED) is 0.140. The van der Waals surface area contributed by atoms with Crippen LogP contribution in [-0.4, -0.2) is 35.2 Å². The maximum absolute atomic E-state index is 11.8. The highest BCUT2D eigenvalue weighted by molar-refractivity contribution is 7.89. The van der Waals surface area contributed by atoms with Crippen molar-refractivity contribution in [1.29, 1.82) is 0 Å². The van der Waals surface area contributed by atoms with Gasteiger partial charge in [-0.05, 0) is 30.7 Å². The normalized spacial score (nSPS) is 12.0. The molecule has 7 heteroatoms. The number of hydrogen-bond acceptors (Lipinski definition) is 4. The predicted molar refractivity (Wildman–Crippen MR) is 150 cm³/mol. The predicted octanol–water partition coefficient (Wildman–Crippen LogP) is 7.59. The standard InChI is InChI=1S/C27H50N2O3SSi/c1-33(31,32)29-27(30)25-19-21-26(22-20-25)28-23-17-15-13-11-9-7-5-6-8-10-12-14-16-18-24-34(2,3)4/h19-22,28H,5-18,23-24H2,1-4H3,(H,29,30). The second kappa shape index (κ2) is 17.1. The molecule has 0 radical (unpaired) electrons. The lowest BCUT2D eigenvalue weighted by Crippen LogP contribution is -2.29. The van der Waals surface area contributed by atoms with E-state index < -0.39 is 24.0 Å². The van der Waals surface area contributed by atoms with Crippen LogP contribution < -0.4 is 10.0 Å². The second-order valence-corrected chi connectivity index (χ2v) is 18.3. The van der Waals surface area contributed by atoms with E-state index in [9.17, 15) is 13.2 Å². The molecule has 2 N–H and O–H groups in total. The second-order valence-electron chi connectivity index (χ2n) is 11.0. The lowest BCUT2D eigenvalue weighted by atomic mass is 10.0. The van der Waals surface area contributed by atoms with Gasteiger partial charge in [0.1, 0.15) is 0 Å². The van der Waals surface area contributed by atoms with Crippen LogP contribution in [-0.2, 0) is 10.0 Å². The molecule has 0 aliphatic carbocycles. The van der Waals surface area contributed by atoms with Gasteiger partial charge in [-0.2, -0.15) is 0 Å². The van der Waals surface area contributed by atoms with E-state index in [2.05, 4.69) is 25.0 Å². The van der Waals surface area contributed by atoms with Gasteiger partial charge in [-0.15, -0.1) is 0 Å². The molecule has 1 rings (SSSR count). The number of anilines is 1. The molecule has 0 unspecified atom stereocenters. The smallest absolute Gasteiger partial charge is 0.264 e. The minimum Gasteiger partial charge on any atom is -0.385 e. The first-order chi connectivity index (χ1) is 16.1. The van der Waals surface area contributed by atoms with Gasteiger partial charge in [0, 0.05) is 25.9 Å². The first-order valence-corrected chi connectivity index (χ1v) is 19.0. The molecule has 0 saturated heterocycles. The van der Waals surface area contributed by atoms with Crippen molar-refractivity contribution in [2.24, 2.45) is 0 Å². The van der Waals surface area contributed by atoms with Crippen LogP contribution in [0.25, 0.3) is 0 Å². The van der Waals surface area contributed by atoms with E-state index in [0.717, 1.165) is 24.9 Å². The number of hydrogen-bond donors (Lipinski definition) is 2. The number of amides is 1. The molecule has 0 heterocycles. The summed E-state index contributed by atoms with van der Waals surface area (Å²) in [6, 6.07) is 8.39. The third-order valence-corrected chi connectivity index (χ3v) is 8.52. The molecule has 196 valence electrons. The number of nitrogens with one attached hydrogen (secondary N) is 2. The van der Waals surface area contributed by atoms with Crippen molar-refractivity contribution >= 4 is 29.7 Å². The maximum Gasteiger partial charge on any atom is 0.264 e. The largest absolute Gasteiger partial charge is 0.385 e. The van der Waals surface area contributed by atoms with Crippen molar-refractivity contribution in [2.45, 2.75) is 116 Å². The van der Waals surface area contributed by atoms with E-state index in [1.807, 2.05) is 16.9 Å². The number of carbonyl (C=O) groups is 1. The summed E-state index contributed by atoms with van der Waals surface area (Å²) in [4.78, 5) is 11.8. The zero-order valence-corrected chi connectivity index (χ0v) is 24.1. The van der Waals surface area contributed by atoms with Crippen molar-refractivity contribution in [2.75, 3.05) is 18.1 Å². The van der Waals surface area contributed by atoms with Crippen molar-refractivity contribution in [1.82, 2.24) is 4.72 Å². The highest BCUT2D eigenvalue weighted by Crippen LogP contribution is 2.17. The van der Waals surface area contributed by atoms with Crippen LogP contribution in [0, 0.1) is 0 Å². The van der Waals surface area contributed by atoms with Crippen LogP contribution in [0.15, 0.2) is 24.3 Å². The number of sulfonamides is 1. The molecule has 0 fully saturated rings. The maximum atomic E-state index is 11.8. The Labute approximate surface area is 210 Å². The Morgan fingerprint density at radius 1 is 0.706 bits per heavy atom. The Bertz CT molecular complexity index is 774. The van der Waals surface area contributed by atoms with E-state index in [1.54, 1.807) is 12.1 Å². The van der Waals surface area contributed by atoms with E-state index in [4.69, 9.17) is 0 Å². The van der Waals surface area contributed by atoms with Crippen molar-refractivity contribution in [3.8, 4) is 0 Å². The van der Waals surface area contributed by atoms with Crippen LogP contribution in [0.1, 0.15) is 100 Å². The number of carbonyl (C=O) groups excluding carboxylic acids is 1. The highest BCUT2D eigenvalue weighted by Gasteiger charge is 2.11. The third-order valence-electron chi connectivity index (χ3n) is 6.11. The first kappa shape index (κ1) is 30.7. The van der Waals surface area contributed by atoms with Gasteiger partial charge in [0.15, 0.2) is 0 Å². The van der Waals surface area contributed by atoms with E-state index in [0.29, 0.717) is 5.56 Å². The Hall–Kier alpha value is -1.34. The van der Waals surface area contributed by atoms with Gasteiger partial charge in [0.2, 0.25) is 10.0 Å². The summed E-state index contributed by atoms with van der Waals surface area (Å²) in [6.07, 6.45) is 20.1. The molecule has 0 spiro atoms. The van der Waals surface area contributed by atoms with Gasteiger partial charge in [-0.25, -0.2) is 13.1 Å². The van der Waals surface area contributed by atoms with Crippen LogP contribution in [0.5, 0.6) is 0 Å². The van der Waals surface area contributed by atoms with Gasteiger partial charge < -0.3 is 5.32 Å². The summed E-state index contributed by atoms with van der Waals surface area (Å²) in [7, 11) is -4.36. The van der Waals surface area contributed by atoms with Crippen LogP contribution in [0.3, 0.4) is 0 Å². The average molecular weight is 511 g/mol. The van der Waals surface area contributed by atoms with E-state index in [1.165, 1.54) is 89.5 Å². The molecular weight excluding hydrogens is 460 g/mol. The fourth-order valence-electron chi connectivity index (χ4n) is 4.10. The van der Waals surface area contributed by atoms with Crippen LogP contribution >= 0.6 is 0 Å². The summed E-state index contributed by atoms with van der Waals surface area (Å²) >= 11 is 0. The Morgan fingerprint density at radius 2 is 1.12 bits per heavy atom. The summed E-state index contributed by atoms with van der Waals surface area (Å²) in [5, 5.41) is 3.36. The van der Waals surface area contributed by atoms with Gasteiger partial charge in [0.25, 0.3) is 5.91 Å². The molecule has 5 nitrogen and oxygen atoms in total. The number of benzene rings is 1. The van der Waals surface area contributed by atoms with Crippen LogP contribution in [0.4, 0.5) is 5.69 Å². The average Bonchev–Trinajstić information content (AvgIpc) is 2.74. The summed E-state index contributed by atoms with van der Waals surface area (Å²) in [5.74, 6) is -0.600. The molecule has 1 amide bonds. The number of rotatable bonds is 20. The lowest BCUT2D eigenvalue weighted by molar-refractivity contribution is 0.0981. The van der Waals surface area contributed by atoms with Crippen molar-refractivity contribution in [3.05, 3.63) is 29.8 Å². The van der Waals surface area contributed by atoms with Gasteiger partial charge in [0.05, 0.1) is 6.26 Å². The van der Waals surface area contributed by atoms with Gasteiger partial charge >= 0.3 is 0 Å². The monoisotopic (exact) mass is 510 g/mol. The molecule has 0 aromatic heterocycles. The van der Waals surface area contributed by atoms with Gasteiger partial charge in [-0.3, -0.25) is 4.79 Å². The Kier molecular flexibility index (Phi) is 15.5. The Balaban J connectivity index is 1.90. The molecular formula is C27H50N2O3SSi. The number of unbranched alkanes of at least 4 members (excludes halogenated alkanes) is 13. The minimum absolute atomic E-state index is 0.337. The SMILES string of the molecule is C[Si](C)(C)CCCCCCCCCCCCCCCCNc1ccc(C(=O)NS(C)(=O)=O)cc1. The van der Waals surface area contributed by atoms with E-state index >= 15 is 0 Å².